The Hall–Kier alpha value is -14.3. The maximum Gasteiger partial charge on any atom is 0.252 e. The minimum absolute atomic E-state index is 0.258. The van der Waals surface area contributed by atoms with Gasteiger partial charge in [-0.2, -0.15) is 0 Å². The molecule has 0 spiro atoms. The van der Waals surface area contributed by atoms with Crippen molar-refractivity contribution in [2.75, 3.05) is 9.80 Å². The Morgan fingerprint density at radius 3 is 0.755 bits per heavy atom. The van der Waals surface area contributed by atoms with Crippen LogP contribution < -0.4 is 26.2 Å². The van der Waals surface area contributed by atoms with Crippen molar-refractivity contribution in [2.45, 2.75) is 0 Å². The molecule has 0 radical (unpaired) electrons. The van der Waals surface area contributed by atoms with Gasteiger partial charge in [0.2, 0.25) is 0 Å². The second-order valence-electron chi connectivity index (χ2n) is 29.4. The summed E-state index contributed by atoms with van der Waals surface area (Å²) in [6.45, 7) is -0.258. The maximum atomic E-state index is 2.59. The van der Waals surface area contributed by atoms with E-state index in [1.807, 2.05) is 0 Å². The van der Waals surface area contributed by atoms with Crippen molar-refractivity contribution in [1.82, 2.24) is 4.57 Å². The van der Waals surface area contributed by atoms with Crippen LogP contribution in [0.3, 0.4) is 0 Å². The number of rotatable bonds is 11. The topological polar surface area (TPSA) is 11.4 Å². The number of fused-ring (bicyclic) bond motifs is 11. The molecule has 0 aliphatic carbocycles. The first kappa shape index (κ1) is 63.0. The maximum absolute atomic E-state index is 2.59. The zero-order valence-electron chi connectivity index (χ0n) is 60.2. The predicted octanol–water partition coefficient (Wildman–Crippen LogP) is 26.8. The Bertz CT molecular complexity index is 6710. The highest BCUT2D eigenvalue weighted by molar-refractivity contribution is 7.00. The molecule has 0 bridgehead atoms. The fourth-order valence-corrected chi connectivity index (χ4v) is 18.2. The fraction of sp³-hybridized carbons (Fsp3) is 0. The van der Waals surface area contributed by atoms with Gasteiger partial charge in [-0.05, 0) is 233 Å². The van der Waals surface area contributed by atoms with Crippen molar-refractivity contribution >= 4 is 122 Å². The molecule has 4 heteroatoms. The van der Waals surface area contributed by atoms with Crippen LogP contribution in [0.1, 0.15) is 0 Å². The largest absolute Gasteiger partial charge is 0.311 e. The molecule has 1 aromatic heterocycles. The Kier molecular flexibility index (Phi) is 14.7. The van der Waals surface area contributed by atoms with Crippen molar-refractivity contribution in [3.05, 3.63) is 413 Å². The van der Waals surface area contributed by atoms with E-state index in [1.165, 1.54) is 137 Å². The van der Waals surface area contributed by atoms with Gasteiger partial charge in [0.25, 0.3) is 6.71 Å². The lowest BCUT2D eigenvalue weighted by molar-refractivity contribution is 1.16. The second kappa shape index (κ2) is 25.7. The highest BCUT2D eigenvalue weighted by Gasteiger charge is 2.45. The zero-order chi connectivity index (χ0) is 72.3. The third kappa shape index (κ3) is 10.4. The van der Waals surface area contributed by atoms with Crippen LogP contribution in [0.15, 0.2) is 413 Å². The Balaban J connectivity index is 0.805. The van der Waals surface area contributed by atoms with Crippen molar-refractivity contribution in [1.29, 1.82) is 0 Å². The first-order chi connectivity index (χ1) is 54.5. The summed E-state index contributed by atoms with van der Waals surface area (Å²) in [4.78, 5) is 5.18. The third-order valence-corrected chi connectivity index (χ3v) is 23.3. The molecular weight excluding hydrogens is 1330 g/mol. The van der Waals surface area contributed by atoms with E-state index in [0.29, 0.717) is 0 Å². The first-order valence-electron chi connectivity index (χ1n) is 38.1. The Labute approximate surface area is 639 Å². The molecule has 3 heterocycles. The molecule has 20 aromatic rings. The molecule has 0 fully saturated rings. The monoisotopic (exact) mass is 1390 g/mol. The predicted molar refractivity (Wildman–Crippen MR) is 468 cm³/mol. The quantitative estimate of drug-likeness (QED) is 0.120. The van der Waals surface area contributed by atoms with Crippen LogP contribution in [0.2, 0.25) is 0 Å². The normalized spacial score (nSPS) is 12.3. The fourth-order valence-electron chi connectivity index (χ4n) is 18.2. The molecule has 2 aliphatic rings. The molecule has 22 rings (SSSR count). The summed E-state index contributed by atoms with van der Waals surface area (Å²) in [6, 6.07) is 155. The average molecular weight is 1390 g/mol. The van der Waals surface area contributed by atoms with E-state index < -0.39 is 0 Å². The van der Waals surface area contributed by atoms with E-state index in [4.69, 9.17) is 0 Å². The molecule has 0 saturated heterocycles. The summed E-state index contributed by atoms with van der Waals surface area (Å²) in [5.41, 5.74) is 32.5. The minimum Gasteiger partial charge on any atom is -0.311 e. The summed E-state index contributed by atoms with van der Waals surface area (Å²) in [5.74, 6) is 0. The summed E-state index contributed by atoms with van der Waals surface area (Å²) in [6.07, 6.45) is 0. The summed E-state index contributed by atoms with van der Waals surface area (Å²) < 4.78 is 2.51. The number of nitrogens with zero attached hydrogens (tertiary/aromatic N) is 3. The van der Waals surface area contributed by atoms with Gasteiger partial charge in [-0.25, -0.2) is 0 Å². The van der Waals surface area contributed by atoms with Gasteiger partial charge < -0.3 is 14.4 Å². The highest BCUT2D eigenvalue weighted by Crippen LogP contribution is 2.50. The van der Waals surface area contributed by atoms with Crippen LogP contribution >= 0.6 is 0 Å². The molecule has 110 heavy (non-hydrogen) atoms. The SMILES string of the molecule is c1ccc(-c2ccc3ccccc3c2)c(-c2ccc(N3c4ccc(-c5ccccc5-c5ccc6ccccc6c5)cc4B4c5cc(-c6ccccc6-c6ccc7ccccc7c6)ccc5N(c5ccc(-c6ccccc6-c6ccc7ccccc7c6)cc5)c5cc(-n6c7ccccc7c7ccccc76)cc3c54)cc2)c1. The summed E-state index contributed by atoms with van der Waals surface area (Å²) in [7, 11) is 0. The molecule has 0 N–H and O–H groups in total. The highest BCUT2D eigenvalue weighted by atomic mass is 15.2. The standard InChI is InChI=1S/C106H68BN3/c1-5-25-75-61-79(45-41-69(75)21-1)90-31-11-9-29-88(90)73-49-55-85(56-50-73)108-102-59-53-83(94-35-15-13-33-92(94)81-47-43-71-23-3-7-27-77(71)63-81)65-98(102)107-99-66-84(95-36-16-14-34-93(95)82-48-44-72-24-4-8-28-78(72)64-82)54-60-103(99)109(105-68-87(67-104(108)106(105)107)110-100-39-19-17-37-96(100)97-38-18-20-40-101(97)110)86-57-51-74(52-58-86)89-30-10-12-32-91(89)80-46-42-70-22-2-6-26-76(70)62-80/h1-68H. The smallest absolute Gasteiger partial charge is 0.252 e. The van der Waals surface area contributed by atoms with Crippen LogP contribution in [-0.4, -0.2) is 11.3 Å². The molecule has 510 valence electrons. The van der Waals surface area contributed by atoms with Crippen LogP contribution in [0.4, 0.5) is 34.1 Å². The van der Waals surface area contributed by atoms with Crippen molar-refractivity contribution in [2.24, 2.45) is 0 Å². The van der Waals surface area contributed by atoms with Gasteiger partial charge in [0, 0.05) is 44.9 Å². The number of hydrogen-bond donors (Lipinski definition) is 0. The van der Waals surface area contributed by atoms with Crippen LogP contribution in [-0.2, 0) is 0 Å². The van der Waals surface area contributed by atoms with Gasteiger partial charge >= 0.3 is 0 Å². The molecule has 19 aromatic carbocycles. The number of anilines is 6. The molecule has 0 amide bonds. The molecule has 3 nitrogen and oxygen atoms in total. The van der Waals surface area contributed by atoms with E-state index in [9.17, 15) is 0 Å². The first-order valence-corrected chi connectivity index (χ1v) is 38.1. The Morgan fingerprint density at radius 2 is 0.427 bits per heavy atom. The number of benzene rings is 19. The number of aromatic nitrogens is 1. The average Bonchev–Trinajstić information content (AvgIpc) is 0.947. The molecule has 0 saturated carbocycles. The van der Waals surface area contributed by atoms with E-state index in [1.54, 1.807) is 0 Å². The minimum atomic E-state index is -0.258. The summed E-state index contributed by atoms with van der Waals surface area (Å²) in [5, 5.41) is 12.2. The molecule has 0 unspecified atom stereocenters. The van der Waals surface area contributed by atoms with Gasteiger partial charge in [0.05, 0.1) is 16.7 Å². The lowest BCUT2D eigenvalue weighted by Gasteiger charge is -2.45. The third-order valence-electron chi connectivity index (χ3n) is 23.3. The van der Waals surface area contributed by atoms with Gasteiger partial charge in [-0.3, -0.25) is 0 Å². The van der Waals surface area contributed by atoms with E-state index in [0.717, 1.165) is 73.1 Å². The van der Waals surface area contributed by atoms with Crippen LogP contribution in [0.25, 0.3) is 160 Å². The van der Waals surface area contributed by atoms with Crippen molar-refractivity contribution < 1.29 is 0 Å². The zero-order valence-corrected chi connectivity index (χ0v) is 60.2. The lowest BCUT2D eigenvalue weighted by Crippen LogP contribution is -2.61. The van der Waals surface area contributed by atoms with Gasteiger partial charge in [0.1, 0.15) is 0 Å². The molecule has 2 aliphatic heterocycles. The second-order valence-corrected chi connectivity index (χ2v) is 29.4. The lowest BCUT2D eigenvalue weighted by atomic mass is 9.33. The van der Waals surface area contributed by atoms with Crippen molar-refractivity contribution in [3.8, 4) is 94.7 Å². The van der Waals surface area contributed by atoms with Gasteiger partial charge in [-0.15, -0.1) is 0 Å². The number of hydrogen-bond acceptors (Lipinski definition) is 2. The van der Waals surface area contributed by atoms with Gasteiger partial charge in [-0.1, -0.05) is 328 Å². The van der Waals surface area contributed by atoms with E-state index >= 15 is 0 Å². The van der Waals surface area contributed by atoms with E-state index in [-0.39, 0.29) is 6.71 Å². The van der Waals surface area contributed by atoms with Crippen molar-refractivity contribution in [3.63, 3.8) is 0 Å². The summed E-state index contributed by atoms with van der Waals surface area (Å²) >= 11 is 0. The molecule has 0 atom stereocenters. The van der Waals surface area contributed by atoms with Crippen LogP contribution in [0, 0.1) is 0 Å². The van der Waals surface area contributed by atoms with E-state index in [2.05, 4.69) is 427 Å². The number of para-hydroxylation sites is 2. The molecular formula is C106H68BN3. The van der Waals surface area contributed by atoms with Crippen LogP contribution in [0.5, 0.6) is 0 Å². The van der Waals surface area contributed by atoms with Gasteiger partial charge in [0.15, 0.2) is 0 Å². The Morgan fingerprint density at radius 1 is 0.173 bits per heavy atom.